The Hall–Kier alpha value is -2.54. The van der Waals surface area contributed by atoms with E-state index in [1.165, 1.54) is 17.0 Å². The molecular weight excluding hydrogens is 323 g/mol. The molecule has 0 spiro atoms. The maximum atomic E-state index is 13.7. The number of rotatable bonds is 4. The van der Waals surface area contributed by atoms with Gasteiger partial charge in [-0.1, -0.05) is 11.6 Å². The van der Waals surface area contributed by atoms with Crippen molar-refractivity contribution >= 4 is 29.6 Å². The van der Waals surface area contributed by atoms with E-state index in [4.69, 9.17) is 11.6 Å². The van der Waals surface area contributed by atoms with Gasteiger partial charge in [0.15, 0.2) is 5.15 Å². The first kappa shape index (κ1) is 15.4. The number of nitrogens with zero attached hydrogens (tertiary/aromatic N) is 3. The number of carbonyl (C=O) groups is 2. The minimum Gasteiger partial charge on any atom is -0.362 e. The second-order valence-electron chi connectivity index (χ2n) is 5.15. The summed E-state index contributed by atoms with van der Waals surface area (Å²) in [5.74, 6) is -0.521. The van der Waals surface area contributed by atoms with Gasteiger partial charge in [0.05, 0.1) is 11.6 Å². The maximum absolute atomic E-state index is 13.7. The molecule has 0 unspecified atom stereocenters. The Morgan fingerprint density at radius 2 is 2.09 bits per heavy atom. The van der Waals surface area contributed by atoms with Gasteiger partial charge in [0.25, 0.3) is 5.91 Å². The van der Waals surface area contributed by atoms with E-state index in [9.17, 15) is 14.0 Å². The van der Waals surface area contributed by atoms with E-state index in [1.54, 1.807) is 12.1 Å². The fraction of sp³-hybridized carbons (Fsp3) is 0.200. The van der Waals surface area contributed by atoms with Crippen LogP contribution in [0.1, 0.15) is 20.7 Å². The van der Waals surface area contributed by atoms with Gasteiger partial charge in [-0.25, -0.2) is 4.39 Å². The lowest BCUT2D eigenvalue weighted by molar-refractivity contribution is 0.0620. The van der Waals surface area contributed by atoms with E-state index in [0.29, 0.717) is 30.3 Å². The number of aldehydes is 1. The van der Waals surface area contributed by atoms with Crippen LogP contribution in [0.25, 0.3) is 0 Å². The molecule has 23 heavy (non-hydrogen) atoms. The molecule has 0 bridgehead atoms. The zero-order valence-corrected chi connectivity index (χ0v) is 12.6. The lowest BCUT2D eigenvalue weighted by atomic mass is 10.0. The SMILES string of the molecule is O=Cc1ccc(F)c(C(=O)N2CC(Nc3ccc(Cl)nn3)C2)c1. The van der Waals surface area contributed by atoms with Gasteiger partial charge in [-0.05, 0) is 30.3 Å². The highest BCUT2D eigenvalue weighted by Crippen LogP contribution is 2.19. The highest BCUT2D eigenvalue weighted by atomic mass is 35.5. The molecule has 2 heterocycles. The van der Waals surface area contributed by atoms with Crippen molar-refractivity contribution in [2.45, 2.75) is 6.04 Å². The molecule has 3 rings (SSSR count). The summed E-state index contributed by atoms with van der Waals surface area (Å²) in [7, 11) is 0. The molecule has 2 aromatic rings. The van der Waals surface area contributed by atoms with Crippen molar-refractivity contribution in [3.05, 3.63) is 52.4 Å². The Kier molecular flexibility index (Phi) is 4.20. The lowest BCUT2D eigenvalue weighted by Gasteiger charge is -2.39. The standard InChI is InChI=1S/C15H12ClFN4O2/c16-13-3-4-14(20-19-13)18-10-6-21(7-10)15(23)11-5-9(8-22)1-2-12(11)17/h1-5,8,10H,6-7H2,(H,18,20). The molecule has 1 N–H and O–H groups in total. The second kappa shape index (κ2) is 6.29. The van der Waals surface area contributed by atoms with Crippen LogP contribution in [0.2, 0.25) is 5.15 Å². The van der Waals surface area contributed by atoms with E-state index in [1.807, 2.05) is 0 Å². The van der Waals surface area contributed by atoms with Gasteiger partial charge in [-0.3, -0.25) is 9.59 Å². The normalized spacial score (nSPS) is 14.3. The summed E-state index contributed by atoms with van der Waals surface area (Å²) in [6.45, 7) is 0.821. The zero-order chi connectivity index (χ0) is 16.4. The van der Waals surface area contributed by atoms with E-state index in [0.717, 1.165) is 6.07 Å². The molecule has 0 radical (unpaired) electrons. The van der Waals surface area contributed by atoms with Crippen LogP contribution < -0.4 is 5.32 Å². The van der Waals surface area contributed by atoms with Gasteiger partial charge in [-0.15, -0.1) is 10.2 Å². The predicted molar refractivity (Wildman–Crippen MR) is 82.1 cm³/mol. The molecule has 0 aliphatic carbocycles. The first-order valence-electron chi connectivity index (χ1n) is 6.86. The van der Waals surface area contributed by atoms with Crippen molar-refractivity contribution in [3.63, 3.8) is 0 Å². The molecule has 6 nitrogen and oxygen atoms in total. The highest BCUT2D eigenvalue weighted by molar-refractivity contribution is 6.29. The van der Waals surface area contributed by atoms with Gasteiger partial charge in [-0.2, -0.15) is 0 Å². The Bertz CT molecular complexity index is 748. The molecular formula is C15H12ClFN4O2. The molecule has 1 aromatic carbocycles. The highest BCUT2D eigenvalue weighted by Gasteiger charge is 2.32. The molecule has 118 valence electrons. The number of carbonyl (C=O) groups excluding carboxylic acids is 2. The van der Waals surface area contributed by atoms with E-state index in [-0.39, 0.29) is 17.2 Å². The van der Waals surface area contributed by atoms with Crippen molar-refractivity contribution in [1.82, 2.24) is 15.1 Å². The van der Waals surface area contributed by atoms with Gasteiger partial charge in [0, 0.05) is 18.7 Å². The van der Waals surface area contributed by atoms with Crippen LogP contribution in [0.5, 0.6) is 0 Å². The number of likely N-dealkylation sites (tertiary alicyclic amines) is 1. The molecule has 1 aliphatic heterocycles. The monoisotopic (exact) mass is 334 g/mol. The Labute approximate surface area is 136 Å². The van der Waals surface area contributed by atoms with E-state index in [2.05, 4.69) is 15.5 Å². The Morgan fingerprint density at radius 1 is 1.30 bits per heavy atom. The minimum atomic E-state index is -0.638. The number of halogens is 2. The van der Waals surface area contributed by atoms with Crippen LogP contribution in [-0.4, -0.2) is 46.4 Å². The third-order valence-electron chi connectivity index (χ3n) is 3.51. The first-order valence-corrected chi connectivity index (χ1v) is 7.24. The quantitative estimate of drug-likeness (QED) is 0.866. The molecule has 1 aliphatic rings. The minimum absolute atomic E-state index is 0.00624. The van der Waals surface area contributed by atoms with Crippen LogP contribution in [0.15, 0.2) is 30.3 Å². The molecule has 1 saturated heterocycles. The number of benzene rings is 1. The van der Waals surface area contributed by atoms with Gasteiger partial charge in [0.1, 0.15) is 17.9 Å². The van der Waals surface area contributed by atoms with Gasteiger partial charge in [0.2, 0.25) is 0 Å². The van der Waals surface area contributed by atoms with Crippen LogP contribution in [0, 0.1) is 5.82 Å². The number of amides is 1. The fourth-order valence-corrected chi connectivity index (χ4v) is 2.39. The molecule has 1 amide bonds. The summed E-state index contributed by atoms with van der Waals surface area (Å²) in [6, 6.07) is 7.02. The Morgan fingerprint density at radius 3 is 2.74 bits per heavy atom. The van der Waals surface area contributed by atoms with Crippen molar-refractivity contribution < 1.29 is 14.0 Å². The summed E-state index contributed by atoms with van der Waals surface area (Å²) in [5, 5.41) is 11.0. The van der Waals surface area contributed by atoms with Crippen LogP contribution in [-0.2, 0) is 0 Å². The maximum Gasteiger partial charge on any atom is 0.256 e. The van der Waals surface area contributed by atoms with E-state index < -0.39 is 11.7 Å². The summed E-state index contributed by atoms with van der Waals surface area (Å²) in [5.41, 5.74) is 0.167. The summed E-state index contributed by atoms with van der Waals surface area (Å²) in [6.07, 6.45) is 0.579. The van der Waals surface area contributed by atoms with Crippen molar-refractivity contribution in [2.24, 2.45) is 0 Å². The molecule has 0 saturated carbocycles. The first-order chi connectivity index (χ1) is 11.1. The second-order valence-corrected chi connectivity index (χ2v) is 5.54. The number of hydrogen-bond acceptors (Lipinski definition) is 5. The van der Waals surface area contributed by atoms with Crippen molar-refractivity contribution in [1.29, 1.82) is 0 Å². The number of nitrogens with one attached hydrogen (secondary N) is 1. The average Bonchev–Trinajstić information content (AvgIpc) is 2.52. The molecule has 1 fully saturated rings. The predicted octanol–water partition coefficient (Wildman–Crippen LogP) is 2.02. The van der Waals surface area contributed by atoms with Crippen molar-refractivity contribution in [3.8, 4) is 0 Å². The summed E-state index contributed by atoms with van der Waals surface area (Å²) in [4.78, 5) is 24.5. The average molecular weight is 335 g/mol. The van der Waals surface area contributed by atoms with Crippen LogP contribution >= 0.6 is 11.6 Å². The number of anilines is 1. The molecule has 8 heteroatoms. The topological polar surface area (TPSA) is 75.2 Å². The largest absolute Gasteiger partial charge is 0.362 e. The smallest absolute Gasteiger partial charge is 0.256 e. The van der Waals surface area contributed by atoms with Crippen LogP contribution in [0.3, 0.4) is 0 Å². The molecule has 0 atom stereocenters. The van der Waals surface area contributed by atoms with Gasteiger partial charge < -0.3 is 10.2 Å². The Balaban J connectivity index is 1.61. The molecule has 1 aromatic heterocycles. The summed E-state index contributed by atoms with van der Waals surface area (Å²) >= 11 is 5.65. The summed E-state index contributed by atoms with van der Waals surface area (Å²) < 4.78 is 13.7. The van der Waals surface area contributed by atoms with Crippen LogP contribution in [0.4, 0.5) is 10.2 Å². The lowest BCUT2D eigenvalue weighted by Crippen LogP contribution is -2.57. The third kappa shape index (κ3) is 3.29. The zero-order valence-electron chi connectivity index (χ0n) is 11.9. The number of aromatic nitrogens is 2. The third-order valence-corrected chi connectivity index (χ3v) is 3.71. The van der Waals surface area contributed by atoms with Gasteiger partial charge >= 0.3 is 0 Å². The number of hydrogen-bond donors (Lipinski definition) is 1. The van der Waals surface area contributed by atoms with E-state index >= 15 is 0 Å². The fourth-order valence-electron chi connectivity index (χ4n) is 2.29. The van der Waals surface area contributed by atoms with Crippen molar-refractivity contribution in [2.75, 3.05) is 18.4 Å².